The molecule has 0 atom stereocenters. The molecule has 7 nitrogen and oxygen atoms in total. The first-order valence-electron chi connectivity index (χ1n) is 7.91. The molecule has 0 spiro atoms. The van der Waals surface area contributed by atoms with Gasteiger partial charge in [0.1, 0.15) is 0 Å². The molecule has 1 aromatic carbocycles. The monoisotopic (exact) mass is 370 g/mol. The van der Waals surface area contributed by atoms with Crippen LogP contribution in [0.15, 0.2) is 59.8 Å². The third-order valence-electron chi connectivity index (χ3n) is 3.90. The first-order chi connectivity index (χ1) is 12.4. The van der Waals surface area contributed by atoms with Crippen molar-refractivity contribution in [2.24, 2.45) is 7.05 Å². The highest BCUT2D eigenvalue weighted by Gasteiger charge is 2.16. The van der Waals surface area contributed by atoms with Gasteiger partial charge in [0.25, 0.3) is 0 Å². The van der Waals surface area contributed by atoms with Crippen molar-refractivity contribution in [3.05, 3.63) is 66.1 Å². The van der Waals surface area contributed by atoms with Gasteiger partial charge < -0.3 is 0 Å². The van der Waals surface area contributed by atoms with Crippen LogP contribution < -0.4 is 4.72 Å². The summed E-state index contributed by atoms with van der Waals surface area (Å²) in [6, 6.07) is 11.5. The van der Waals surface area contributed by atoms with Gasteiger partial charge in [-0.15, -0.1) is 0 Å². The number of Topliss-reactive ketones (excluding diaryl/α,β-unsaturated/α-hetero) is 1. The minimum absolute atomic E-state index is 0.0472. The molecule has 0 bridgehead atoms. The van der Waals surface area contributed by atoms with Gasteiger partial charge in [0.15, 0.2) is 5.78 Å². The van der Waals surface area contributed by atoms with E-state index in [1.807, 2.05) is 18.2 Å². The maximum atomic E-state index is 12.5. The second kappa shape index (κ2) is 7.19. The third kappa shape index (κ3) is 3.87. The average molecular weight is 370 g/mol. The Kier molecular flexibility index (Phi) is 4.97. The fourth-order valence-corrected chi connectivity index (χ4v) is 3.58. The molecule has 134 valence electrons. The zero-order valence-electron chi connectivity index (χ0n) is 14.4. The van der Waals surface area contributed by atoms with E-state index >= 15 is 0 Å². The number of sulfonamides is 1. The number of hydrogen-bond donors (Lipinski definition) is 1. The van der Waals surface area contributed by atoms with Gasteiger partial charge in [-0.2, -0.15) is 5.10 Å². The topological polar surface area (TPSA) is 94.0 Å². The molecule has 0 radical (unpaired) electrons. The van der Waals surface area contributed by atoms with Gasteiger partial charge in [-0.1, -0.05) is 12.1 Å². The zero-order chi connectivity index (χ0) is 18.7. The Bertz CT molecular complexity index is 1040. The van der Waals surface area contributed by atoms with E-state index in [4.69, 9.17) is 0 Å². The second-order valence-electron chi connectivity index (χ2n) is 5.79. The van der Waals surface area contributed by atoms with Crippen molar-refractivity contribution in [1.82, 2.24) is 19.5 Å². The summed E-state index contributed by atoms with van der Waals surface area (Å²) in [7, 11) is -1.95. The maximum absolute atomic E-state index is 12.5. The molecule has 0 saturated heterocycles. The summed E-state index contributed by atoms with van der Waals surface area (Å²) in [4.78, 5) is 15.5. The highest BCUT2D eigenvalue weighted by Crippen LogP contribution is 2.19. The fraction of sp³-hybridized carbons (Fsp3) is 0.167. The van der Waals surface area contributed by atoms with E-state index in [1.165, 1.54) is 19.1 Å². The van der Waals surface area contributed by atoms with E-state index in [1.54, 1.807) is 36.3 Å². The van der Waals surface area contributed by atoms with Crippen LogP contribution >= 0.6 is 0 Å². The van der Waals surface area contributed by atoms with Crippen molar-refractivity contribution in [3.8, 4) is 11.3 Å². The van der Waals surface area contributed by atoms with E-state index in [9.17, 15) is 13.2 Å². The fourth-order valence-electron chi connectivity index (χ4n) is 2.54. The molecule has 1 N–H and O–H groups in total. The molecule has 0 unspecified atom stereocenters. The van der Waals surface area contributed by atoms with Crippen LogP contribution in [0, 0.1) is 0 Å². The Morgan fingerprint density at radius 1 is 1.15 bits per heavy atom. The van der Waals surface area contributed by atoms with Crippen LogP contribution in [0.2, 0.25) is 0 Å². The number of carbonyl (C=O) groups is 1. The summed E-state index contributed by atoms with van der Waals surface area (Å²) in [6.45, 7) is 1.44. The largest absolute Gasteiger partial charge is 0.295 e. The number of nitrogens with zero attached hydrogens (tertiary/aromatic N) is 3. The Morgan fingerprint density at radius 2 is 1.88 bits per heavy atom. The predicted molar refractivity (Wildman–Crippen MR) is 96.9 cm³/mol. The molecule has 2 heterocycles. The van der Waals surface area contributed by atoms with E-state index in [0.29, 0.717) is 11.3 Å². The highest BCUT2D eigenvalue weighted by molar-refractivity contribution is 7.89. The summed E-state index contributed by atoms with van der Waals surface area (Å²) in [5.41, 5.74) is 2.75. The average Bonchev–Trinajstić information content (AvgIpc) is 3.02. The summed E-state index contributed by atoms with van der Waals surface area (Å²) in [6.07, 6.45) is 3.37. The molecule has 3 rings (SSSR count). The maximum Gasteiger partial charge on any atom is 0.240 e. The number of aryl methyl sites for hydroxylation is 1. The molecule has 0 amide bonds. The number of hydrogen-bond acceptors (Lipinski definition) is 5. The lowest BCUT2D eigenvalue weighted by molar-refractivity contribution is 0.101. The molecular formula is C18H18N4O3S. The number of aromatic nitrogens is 3. The van der Waals surface area contributed by atoms with Gasteiger partial charge in [0.05, 0.1) is 22.8 Å². The molecule has 3 aromatic rings. The molecule has 0 aliphatic carbocycles. The van der Waals surface area contributed by atoms with Crippen molar-refractivity contribution in [3.63, 3.8) is 0 Å². The van der Waals surface area contributed by atoms with E-state index in [-0.39, 0.29) is 17.2 Å². The lowest BCUT2D eigenvalue weighted by Gasteiger charge is -2.06. The van der Waals surface area contributed by atoms with Crippen LogP contribution in [0.3, 0.4) is 0 Å². The van der Waals surface area contributed by atoms with Gasteiger partial charge in [-0.05, 0) is 37.3 Å². The summed E-state index contributed by atoms with van der Waals surface area (Å²) in [5.74, 6) is -0.186. The summed E-state index contributed by atoms with van der Waals surface area (Å²) < 4.78 is 29.2. The van der Waals surface area contributed by atoms with Crippen LogP contribution in [0.1, 0.15) is 23.0 Å². The van der Waals surface area contributed by atoms with Crippen LogP contribution in [-0.4, -0.2) is 29.0 Å². The van der Waals surface area contributed by atoms with Crippen molar-refractivity contribution < 1.29 is 13.2 Å². The standard InChI is InChI=1S/C18H18N4O3S/c1-13(23)15-4-3-5-17(10-15)26(24,25)20-12-16-11-18(22(2)21-16)14-6-8-19-9-7-14/h3-11,20H,12H2,1-2H3. The van der Waals surface area contributed by atoms with E-state index in [0.717, 1.165) is 11.3 Å². The predicted octanol–water partition coefficient (Wildman–Crippen LogP) is 2.16. The van der Waals surface area contributed by atoms with Crippen molar-refractivity contribution in [2.75, 3.05) is 0 Å². The number of nitrogens with one attached hydrogen (secondary N) is 1. The smallest absolute Gasteiger partial charge is 0.240 e. The van der Waals surface area contributed by atoms with Gasteiger partial charge in [0, 0.05) is 30.6 Å². The highest BCUT2D eigenvalue weighted by atomic mass is 32.2. The zero-order valence-corrected chi connectivity index (χ0v) is 15.2. The Hall–Kier alpha value is -2.84. The van der Waals surface area contributed by atoms with E-state index < -0.39 is 10.0 Å². The van der Waals surface area contributed by atoms with Gasteiger partial charge in [-0.25, -0.2) is 13.1 Å². The number of ketones is 1. The summed E-state index contributed by atoms with van der Waals surface area (Å²) >= 11 is 0. The number of benzene rings is 1. The Morgan fingerprint density at radius 3 is 2.58 bits per heavy atom. The van der Waals surface area contributed by atoms with Crippen LogP contribution in [0.4, 0.5) is 0 Å². The number of pyridine rings is 1. The van der Waals surface area contributed by atoms with Gasteiger partial charge in [-0.3, -0.25) is 14.5 Å². The SMILES string of the molecule is CC(=O)c1cccc(S(=O)(=O)NCc2cc(-c3ccncc3)n(C)n2)c1. The van der Waals surface area contributed by atoms with E-state index in [2.05, 4.69) is 14.8 Å². The normalized spacial score (nSPS) is 11.5. The summed E-state index contributed by atoms with van der Waals surface area (Å²) in [5, 5.41) is 4.34. The van der Waals surface area contributed by atoms with Gasteiger partial charge >= 0.3 is 0 Å². The van der Waals surface area contributed by atoms with Crippen LogP contribution in [0.5, 0.6) is 0 Å². The van der Waals surface area contributed by atoms with Crippen LogP contribution in [-0.2, 0) is 23.6 Å². The second-order valence-corrected chi connectivity index (χ2v) is 7.56. The molecule has 0 aliphatic rings. The molecule has 0 aliphatic heterocycles. The first kappa shape index (κ1) is 18.0. The number of carbonyl (C=O) groups excluding carboxylic acids is 1. The minimum atomic E-state index is -3.74. The first-order valence-corrected chi connectivity index (χ1v) is 9.39. The van der Waals surface area contributed by atoms with Crippen molar-refractivity contribution in [1.29, 1.82) is 0 Å². The van der Waals surface area contributed by atoms with Crippen molar-refractivity contribution in [2.45, 2.75) is 18.4 Å². The van der Waals surface area contributed by atoms with Crippen molar-refractivity contribution >= 4 is 15.8 Å². The lowest BCUT2D eigenvalue weighted by Crippen LogP contribution is -2.23. The minimum Gasteiger partial charge on any atom is -0.295 e. The quantitative estimate of drug-likeness (QED) is 0.671. The Labute approximate surface area is 151 Å². The lowest BCUT2D eigenvalue weighted by atomic mass is 10.2. The number of rotatable bonds is 6. The third-order valence-corrected chi connectivity index (χ3v) is 5.30. The molecular weight excluding hydrogens is 352 g/mol. The molecule has 0 fully saturated rings. The molecule has 8 heteroatoms. The molecule has 26 heavy (non-hydrogen) atoms. The molecule has 2 aromatic heterocycles. The van der Waals surface area contributed by atoms with Gasteiger partial charge in [0.2, 0.25) is 10.0 Å². The van der Waals surface area contributed by atoms with Crippen LogP contribution in [0.25, 0.3) is 11.3 Å². The Balaban J connectivity index is 1.79. The molecule has 0 saturated carbocycles.